The van der Waals surface area contributed by atoms with E-state index in [1.165, 1.54) is 11.2 Å². The largest absolute Gasteiger partial charge is 0.401 e. The number of aromatic nitrogens is 4. The number of nitrogens with zero attached hydrogens (tertiary/aromatic N) is 5. The van der Waals surface area contributed by atoms with E-state index in [-0.39, 0.29) is 6.04 Å². The summed E-state index contributed by atoms with van der Waals surface area (Å²) in [5.41, 5.74) is 0.630. The molecule has 1 aliphatic rings. The first-order valence-corrected chi connectivity index (χ1v) is 6.64. The van der Waals surface area contributed by atoms with Crippen LogP contribution in [0.15, 0.2) is 12.5 Å². The molecule has 2 aromatic rings. The second-order valence-corrected chi connectivity index (χ2v) is 5.21. The highest BCUT2D eigenvalue weighted by Gasteiger charge is 2.35. The minimum atomic E-state index is -4.16. The van der Waals surface area contributed by atoms with Gasteiger partial charge >= 0.3 is 6.18 Å². The number of anilines is 1. The highest BCUT2D eigenvalue weighted by Crippen LogP contribution is 2.25. The lowest BCUT2D eigenvalue weighted by Crippen LogP contribution is -2.54. The molecule has 21 heavy (non-hydrogen) atoms. The van der Waals surface area contributed by atoms with Gasteiger partial charge in [-0.3, -0.25) is 10.00 Å². The molecular formula is C12H15F3N6. The van der Waals surface area contributed by atoms with E-state index in [0.717, 1.165) is 5.39 Å². The molecule has 0 saturated carbocycles. The molecule has 1 unspecified atom stereocenters. The van der Waals surface area contributed by atoms with Crippen LogP contribution in [0.1, 0.15) is 6.92 Å². The van der Waals surface area contributed by atoms with Crippen LogP contribution in [0.3, 0.4) is 0 Å². The van der Waals surface area contributed by atoms with Crippen molar-refractivity contribution in [3.63, 3.8) is 0 Å². The van der Waals surface area contributed by atoms with Gasteiger partial charge in [0.2, 0.25) is 0 Å². The summed E-state index contributed by atoms with van der Waals surface area (Å²) in [7, 11) is 0. The maximum Gasteiger partial charge on any atom is 0.401 e. The van der Waals surface area contributed by atoms with Gasteiger partial charge in [0.15, 0.2) is 5.65 Å². The summed E-state index contributed by atoms with van der Waals surface area (Å²) in [6.07, 6.45) is -1.09. The lowest BCUT2D eigenvalue weighted by Gasteiger charge is -2.40. The van der Waals surface area contributed by atoms with Crippen LogP contribution in [0.4, 0.5) is 19.0 Å². The third-order valence-electron chi connectivity index (χ3n) is 3.67. The van der Waals surface area contributed by atoms with Crippen LogP contribution in [0, 0.1) is 0 Å². The molecular weight excluding hydrogens is 285 g/mol. The van der Waals surface area contributed by atoms with Crippen molar-refractivity contribution in [2.75, 3.05) is 31.1 Å². The Bertz CT molecular complexity index is 625. The SMILES string of the molecule is CC1CN(c2ncnc3[nH]ncc23)CCN1CC(F)(F)F. The van der Waals surface area contributed by atoms with Gasteiger partial charge in [0.05, 0.1) is 18.1 Å². The van der Waals surface area contributed by atoms with Crippen LogP contribution in [0.25, 0.3) is 11.0 Å². The molecule has 0 spiro atoms. The molecule has 3 heterocycles. The molecule has 3 rings (SSSR count). The Morgan fingerprint density at radius 1 is 1.33 bits per heavy atom. The molecule has 1 N–H and O–H groups in total. The summed E-state index contributed by atoms with van der Waals surface area (Å²) >= 11 is 0. The van der Waals surface area contributed by atoms with E-state index in [4.69, 9.17) is 0 Å². The van der Waals surface area contributed by atoms with Crippen LogP contribution < -0.4 is 4.90 Å². The molecule has 0 radical (unpaired) electrons. The topological polar surface area (TPSA) is 60.9 Å². The predicted octanol–water partition coefficient (Wildman–Crippen LogP) is 1.43. The fourth-order valence-corrected chi connectivity index (χ4v) is 2.66. The maximum atomic E-state index is 12.5. The van der Waals surface area contributed by atoms with Gasteiger partial charge in [-0.15, -0.1) is 0 Å². The standard InChI is InChI=1S/C12H15F3N6/c1-8-5-20(2-3-21(8)6-12(13,14)15)11-9-4-18-19-10(9)16-7-17-11/h4,7-8H,2-3,5-6H2,1H3,(H,16,17,18,19). The van der Waals surface area contributed by atoms with Gasteiger partial charge in [-0.2, -0.15) is 18.3 Å². The van der Waals surface area contributed by atoms with Crippen LogP contribution in [-0.2, 0) is 0 Å². The molecule has 114 valence electrons. The van der Waals surface area contributed by atoms with Crippen molar-refractivity contribution in [1.82, 2.24) is 25.1 Å². The predicted molar refractivity (Wildman–Crippen MR) is 71.0 cm³/mol. The van der Waals surface area contributed by atoms with Crippen molar-refractivity contribution in [2.45, 2.75) is 19.1 Å². The Labute approximate surface area is 119 Å². The molecule has 1 aliphatic heterocycles. The van der Waals surface area contributed by atoms with Gasteiger partial charge in [0.25, 0.3) is 0 Å². The van der Waals surface area contributed by atoms with Crippen molar-refractivity contribution in [2.24, 2.45) is 0 Å². The molecule has 0 amide bonds. The van der Waals surface area contributed by atoms with E-state index < -0.39 is 12.7 Å². The van der Waals surface area contributed by atoms with E-state index in [0.29, 0.717) is 31.1 Å². The second kappa shape index (κ2) is 5.14. The zero-order chi connectivity index (χ0) is 15.0. The Kier molecular flexibility index (Phi) is 3.44. The Morgan fingerprint density at radius 3 is 2.86 bits per heavy atom. The number of aromatic amines is 1. The highest BCUT2D eigenvalue weighted by atomic mass is 19.4. The molecule has 1 saturated heterocycles. The molecule has 0 aliphatic carbocycles. The van der Waals surface area contributed by atoms with Crippen molar-refractivity contribution in [3.8, 4) is 0 Å². The first kappa shape index (κ1) is 14.1. The Morgan fingerprint density at radius 2 is 2.14 bits per heavy atom. The fraction of sp³-hybridized carbons (Fsp3) is 0.583. The van der Waals surface area contributed by atoms with E-state index in [1.54, 1.807) is 13.1 Å². The quantitative estimate of drug-likeness (QED) is 0.909. The smallest absolute Gasteiger partial charge is 0.353 e. The number of nitrogens with one attached hydrogen (secondary N) is 1. The van der Waals surface area contributed by atoms with Crippen molar-refractivity contribution >= 4 is 16.9 Å². The molecule has 2 aromatic heterocycles. The first-order chi connectivity index (χ1) is 9.94. The average Bonchev–Trinajstić information content (AvgIpc) is 2.88. The molecule has 1 atom stereocenters. The normalized spacial score (nSPS) is 21.1. The number of fused-ring (bicyclic) bond motifs is 1. The number of piperazine rings is 1. The summed E-state index contributed by atoms with van der Waals surface area (Å²) in [4.78, 5) is 11.7. The maximum absolute atomic E-state index is 12.5. The number of halogens is 3. The van der Waals surface area contributed by atoms with Crippen LogP contribution in [-0.4, -0.2) is 63.5 Å². The number of H-pyrrole nitrogens is 1. The monoisotopic (exact) mass is 300 g/mol. The van der Waals surface area contributed by atoms with Gasteiger partial charge in [0, 0.05) is 25.7 Å². The minimum absolute atomic E-state index is 0.197. The summed E-state index contributed by atoms with van der Waals surface area (Å²) in [6, 6.07) is -0.197. The van der Waals surface area contributed by atoms with Gasteiger partial charge in [-0.1, -0.05) is 0 Å². The molecule has 1 fully saturated rings. The average molecular weight is 300 g/mol. The number of hydrogen-bond acceptors (Lipinski definition) is 5. The van der Waals surface area contributed by atoms with Gasteiger partial charge < -0.3 is 4.90 Å². The van der Waals surface area contributed by atoms with Crippen molar-refractivity contribution < 1.29 is 13.2 Å². The van der Waals surface area contributed by atoms with E-state index >= 15 is 0 Å². The Balaban J connectivity index is 1.77. The fourth-order valence-electron chi connectivity index (χ4n) is 2.66. The van der Waals surface area contributed by atoms with E-state index in [1.807, 2.05) is 4.90 Å². The molecule has 6 nitrogen and oxygen atoms in total. The Hall–Kier alpha value is -1.90. The van der Waals surface area contributed by atoms with Crippen molar-refractivity contribution in [3.05, 3.63) is 12.5 Å². The summed E-state index contributed by atoms with van der Waals surface area (Å²) in [6.45, 7) is 2.27. The summed E-state index contributed by atoms with van der Waals surface area (Å²) < 4.78 is 37.5. The van der Waals surface area contributed by atoms with Gasteiger partial charge in [-0.25, -0.2) is 9.97 Å². The van der Waals surface area contributed by atoms with Crippen LogP contribution in [0.5, 0.6) is 0 Å². The zero-order valence-electron chi connectivity index (χ0n) is 11.4. The number of rotatable bonds is 2. The molecule has 9 heteroatoms. The second-order valence-electron chi connectivity index (χ2n) is 5.21. The molecule has 0 bridgehead atoms. The minimum Gasteiger partial charge on any atom is -0.353 e. The van der Waals surface area contributed by atoms with E-state index in [9.17, 15) is 13.2 Å². The zero-order valence-corrected chi connectivity index (χ0v) is 11.4. The third-order valence-corrected chi connectivity index (χ3v) is 3.67. The van der Waals surface area contributed by atoms with Crippen LogP contribution >= 0.6 is 0 Å². The lowest BCUT2D eigenvalue weighted by atomic mass is 10.2. The highest BCUT2D eigenvalue weighted by molar-refractivity contribution is 5.86. The third kappa shape index (κ3) is 2.92. The summed E-state index contributed by atoms with van der Waals surface area (Å²) in [5.74, 6) is 0.715. The van der Waals surface area contributed by atoms with Gasteiger partial charge in [0.1, 0.15) is 12.1 Å². The van der Waals surface area contributed by atoms with Gasteiger partial charge in [-0.05, 0) is 6.92 Å². The summed E-state index contributed by atoms with van der Waals surface area (Å²) in [5, 5.41) is 7.48. The van der Waals surface area contributed by atoms with Crippen LogP contribution in [0.2, 0.25) is 0 Å². The lowest BCUT2D eigenvalue weighted by molar-refractivity contribution is -0.150. The number of hydrogen-bond donors (Lipinski definition) is 1. The van der Waals surface area contributed by atoms with E-state index in [2.05, 4.69) is 20.2 Å². The first-order valence-electron chi connectivity index (χ1n) is 6.64. The van der Waals surface area contributed by atoms with Crippen molar-refractivity contribution in [1.29, 1.82) is 0 Å². The number of alkyl halides is 3. The molecule has 0 aromatic carbocycles.